The van der Waals surface area contributed by atoms with Gasteiger partial charge in [-0.1, -0.05) is 20.8 Å². The topological polar surface area (TPSA) is 20.3 Å². The first-order valence-electron chi connectivity index (χ1n) is 3.97. The van der Waals surface area contributed by atoms with Gasteiger partial charge < -0.3 is 4.90 Å². The molecule has 0 saturated carbocycles. The summed E-state index contributed by atoms with van der Waals surface area (Å²) in [4.78, 5) is 12.6. The number of hydrogen-bond acceptors (Lipinski definition) is 1. The van der Waals surface area contributed by atoms with Gasteiger partial charge in [0.1, 0.15) is 0 Å². The lowest BCUT2D eigenvalue weighted by atomic mass is 10.1. The van der Waals surface area contributed by atoms with Crippen molar-refractivity contribution in [3.8, 4) is 0 Å². The van der Waals surface area contributed by atoms with Crippen molar-refractivity contribution in [2.75, 3.05) is 13.6 Å². The first-order valence-corrected chi connectivity index (χ1v) is 3.97. The van der Waals surface area contributed by atoms with Gasteiger partial charge in [0.25, 0.3) is 0 Å². The van der Waals surface area contributed by atoms with Crippen LogP contribution in [-0.4, -0.2) is 24.4 Å². The first-order chi connectivity index (χ1) is 4.72. The van der Waals surface area contributed by atoms with E-state index < -0.39 is 0 Å². The van der Waals surface area contributed by atoms with E-state index in [0.717, 1.165) is 13.0 Å². The summed E-state index contributed by atoms with van der Waals surface area (Å²) in [5.74, 6) is 0.574. The van der Waals surface area contributed by atoms with Gasteiger partial charge in [0.15, 0.2) is 0 Å². The molecule has 1 saturated heterocycles. The molecule has 0 aromatic heterocycles. The fourth-order valence-electron chi connectivity index (χ4n) is 0.997. The molecule has 0 unspecified atom stereocenters. The van der Waals surface area contributed by atoms with Gasteiger partial charge in [-0.3, -0.25) is 4.79 Å². The molecule has 2 heteroatoms. The second-order valence-electron chi connectivity index (χ2n) is 2.45. The van der Waals surface area contributed by atoms with Gasteiger partial charge in [-0.2, -0.15) is 0 Å². The Morgan fingerprint density at radius 2 is 2.00 bits per heavy atom. The number of carbonyl (C=O) groups is 1. The summed E-state index contributed by atoms with van der Waals surface area (Å²) in [6.07, 6.45) is 1.04. The largest absolute Gasteiger partial charge is 0.346 e. The minimum absolute atomic E-state index is 0.278. The van der Waals surface area contributed by atoms with Crippen molar-refractivity contribution >= 4 is 5.91 Å². The lowest BCUT2D eigenvalue weighted by Crippen LogP contribution is -2.21. The molecule has 0 bridgehead atoms. The van der Waals surface area contributed by atoms with Gasteiger partial charge in [-0.25, -0.2) is 0 Å². The van der Waals surface area contributed by atoms with Gasteiger partial charge in [0.05, 0.1) is 0 Å². The van der Waals surface area contributed by atoms with Crippen LogP contribution in [0.25, 0.3) is 0 Å². The third kappa shape index (κ3) is 2.01. The predicted molar refractivity (Wildman–Crippen MR) is 42.8 cm³/mol. The van der Waals surface area contributed by atoms with Crippen LogP contribution in [0, 0.1) is 5.92 Å². The zero-order chi connectivity index (χ0) is 8.15. The van der Waals surface area contributed by atoms with E-state index in [1.807, 2.05) is 27.8 Å². The Balaban J connectivity index is 0.000000371. The van der Waals surface area contributed by atoms with Crippen molar-refractivity contribution in [1.29, 1.82) is 0 Å². The molecule has 0 aliphatic carbocycles. The normalized spacial score (nSPS) is 24.2. The van der Waals surface area contributed by atoms with Crippen LogP contribution >= 0.6 is 0 Å². The molecule has 0 aromatic rings. The maximum absolute atomic E-state index is 10.8. The highest BCUT2D eigenvalue weighted by atomic mass is 16.2. The Hall–Kier alpha value is -0.530. The molecule has 1 aliphatic heterocycles. The van der Waals surface area contributed by atoms with Crippen molar-refractivity contribution in [3.05, 3.63) is 0 Å². The van der Waals surface area contributed by atoms with Crippen molar-refractivity contribution in [2.24, 2.45) is 5.92 Å². The Bertz CT molecular complexity index is 99.8. The van der Waals surface area contributed by atoms with E-state index in [2.05, 4.69) is 0 Å². The lowest BCUT2D eigenvalue weighted by molar-refractivity contribution is -0.129. The third-order valence-electron chi connectivity index (χ3n) is 1.70. The Morgan fingerprint density at radius 3 is 2.10 bits per heavy atom. The summed E-state index contributed by atoms with van der Waals surface area (Å²) in [7, 11) is 1.85. The van der Waals surface area contributed by atoms with Gasteiger partial charge in [0.2, 0.25) is 5.91 Å². The SMILES string of the molecule is CC.C[C@@H]1CCN(C)C1=O. The number of likely N-dealkylation sites (tertiary alicyclic amines) is 1. The summed E-state index contributed by atoms with van der Waals surface area (Å²) in [6, 6.07) is 0. The molecule has 0 radical (unpaired) electrons. The van der Waals surface area contributed by atoms with E-state index in [9.17, 15) is 4.79 Å². The van der Waals surface area contributed by atoms with Crippen LogP contribution in [0.1, 0.15) is 27.2 Å². The number of amides is 1. The highest BCUT2D eigenvalue weighted by Gasteiger charge is 2.23. The van der Waals surface area contributed by atoms with Crippen LogP contribution in [0.15, 0.2) is 0 Å². The number of nitrogens with zero attached hydrogens (tertiary/aromatic N) is 1. The minimum atomic E-state index is 0.278. The van der Waals surface area contributed by atoms with Crippen LogP contribution in [0.5, 0.6) is 0 Å². The molecule has 1 heterocycles. The molecule has 0 spiro atoms. The first kappa shape index (κ1) is 9.47. The van der Waals surface area contributed by atoms with Crippen molar-refractivity contribution in [3.63, 3.8) is 0 Å². The molecule has 1 fully saturated rings. The lowest BCUT2D eigenvalue weighted by Gasteiger charge is -2.05. The number of carbonyl (C=O) groups excluding carboxylic acids is 1. The minimum Gasteiger partial charge on any atom is -0.346 e. The molecule has 10 heavy (non-hydrogen) atoms. The Kier molecular flexibility index (Phi) is 4.08. The molecule has 0 aromatic carbocycles. The number of rotatable bonds is 0. The molecule has 1 amide bonds. The van der Waals surface area contributed by atoms with Crippen LogP contribution in [0.2, 0.25) is 0 Å². The van der Waals surface area contributed by atoms with E-state index in [4.69, 9.17) is 0 Å². The summed E-state index contributed by atoms with van der Waals surface area (Å²) < 4.78 is 0. The molecule has 2 nitrogen and oxygen atoms in total. The molecular weight excluding hydrogens is 126 g/mol. The summed E-state index contributed by atoms with van der Waals surface area (Å²) >= 11 is 0. The summed E-state index contributed by atoms with van der Waals surface area (Å²) in [5.41, 5.74) is 0. The standard InChI is InChI=1S/C6H11NO.C2H6/c1-5-3-4-7(2)6(5)8;1-2/h5H,3-4H2,1-2H3;1-2H3/t5-;/m1./s1. The average molecular weight is 143 g/mol. The van der Waals surface area contributed by atoms with E-state index in [1.165, 1.54) is 0 Å². The average Bonchev–Trinajstić information content (AvgIpc) is 2.25. The Morgan fingerprint density at radius 1 is 1.50 bits per heavy atom. The van der Waals surface area contributed by atoms with Gasteiger partial charge in [-0.15, -0.1) is 0 Å². The van der Waals surface area contributed by atoms with Crippen LogP contribution in [0.3, 0.4) is 0 Å². The second kappa shape index (κ2) is 4.31. The molecular formula is C8H17NO. The fourth-order valence-corrected chi connectivity index (χ4v) is 0.997. The monoisotopic (exact) mass is 143 g/mol. The zero-order valence-electron chi connectivity index (χ0n) is 7.35. The van der Waals surface area contributed by atoms with Crippen LogP contribution < -0.4 is 0 Å². The summed E-state index contributed by atoms with van der Waals surface area (Å²) in [5, 5.41) is 0. The highest BCUT2D eigenvalue weighted by molar-refractivity contribution is 5.80. The number of hydrogen-bond donors (Lipinski definition) is 0. The van der Waals surface area contributed by atoms with Crippen LogP contribution in [0.4, 0.5) is 0 Å². The summed E-state index contributed by atoms with van der Waals surface area (Å²) in [6.45, 7) is 6.92. The molecule has 0 N–H and O–H groups in total. The predicted octanol–water partition coefficient (Wildman–Crippen LogP) is 1.51. The van der Waals surface area contributed by atoms with Crippen molar-refractivity contribution in [1.82, 2.24) is 4.90 Å². The van der Waals surface area contributed by atoms with Crippen molar-refractivity contribution in [2.45, 2.75) is 27.2 Å². The second-order valence-corrected chi connectivity index (χ2v) is 2.45. The van der Waals surface area contributed by atoms with Gasteiger partial charge in [0, 0.05) is 19.5 Å². The van der Waals surface area contributed by atoms with Gasteiger partial charge in [-0.05, 0) is 6.42 Å². The molecule has 1 atom stereocenters. The maximum Gasteiger partial charge on any atom is 0.225 e. The fraction of sp³-hybridized carbons (Fsp3) is 0.875. The quantitative estimate of drug-likeness (QED) is 0.503. The van der Waals surface area contributed by atoms with E-state index in [1.54, 1.807) is 4.90 Å². The van der Waals surface area contributed by atoms with E-state index in [0.29, 0.717) is 5.91 Å². The van der Waals surface area contributed by atoms with E-state index in [-0.39, 0.29) is 5.92 Å². The molecule has 1 aliphatic rings. The smallest absolute Gasteiger partial charge is 0.225 e. The van der Waals surface area contributed by atoms with Crippen molar-refractivity contribution < 1.29 is 4.79 Å². The van der Waals surface area contributed by atoms with E-state index >= 15 is 0 Å². The Labute approximate surface area is 63.2 Å². The molecule has 60 valence electrons. The van der Waals surface area contributed by atoms with Gasteiger partial charge >= 0.3 is 0 Å². The zero-order valence-corrected chi connectivity index (χ0v) is 7.35. The maximum atomic E-state index is 10.8. The third-order valence-corrected chi connectivity index (χ3v) is 1.70. The molecule has 1 rings (SSSR count). The van der Waals surface area contributed by atoms with Crippen LogP contribution in [-0.2, 0) is 4.79 Å². The highest BCUT2D eigenvalue weighted by Crippen LogP contribution is 2.13.